The summed E-state index contributed by atoms with van der Waals surface area (Å²) in [5, 5.41) is 8.43. The summed E-state index contributed by atoms with van der Waals surface area (Å²) >= 11 is 6.18. The van der Waals surface area contributed by atoms with Crippen LogP contribution in [0.25, 0.3) is 5.69 Å². The summed E-state index contributed by atoms with van der Waals surface area (Å²) < 4.78 is 13.0. The second-order valence-corrected chi connectivity index (χ2v) is 9.03. The first-order valence-corrected chi connectivity index (χ1v) is 10.7. The lowest BCUT2D eigenvalue weighted by Crippen LogP contribution is -2.26. The fraction of sp³-hybridized carbons (Fsp3) is 0.333. The Kier molecular flexibility index (Phi) is 5.92. The molecule has 0 unspecified atom stereocenters. The third-order valence-electron chi connectivity index (χ3n) is 5.04. The van der Waals surface area contributed by atoms with Gasteiger partial charge in [-0.05, 0) is 42.0 Å². The van der Waals surface area contributed by atoms with Crippen molar-refractivity contribution in [1.82, 2.24) is 15.1 Å². The molecule has 0 aliphatic carbocycles. The van der Waals surface area contributed by atoms with E-state index >= 15 is 0 Å². The minimum Gasteiger partial charge on any atom is -0.486 e. The van der Waals surface area contributed by atoms with Crippen molar-refractivity contribution in [2.75, 3.05) is 13.2 Å². The predicted molar refractivity (Wildman–Crippen MR) is 120 cm³/mol. The minimum absolute atomic E-state index is 0.0761. The molecule has 1 N–H and O–H groups in total. The van der Waals surface area contributed by atoms with Gasteiger partial charge in [0.25, 0.3) is 0 Å². The number of fused-ring (bicyclic) bond motifs is 1. The molecule has 0 saturated carbocycles. The van der Waals surface area contributed by atoms with Gasteiger partial charge in [-0.15, -0.1) is 0 Å². The molecule has 4 rings (SSSR count). The van der Waals surface area contributed by atoms with Crippen molar-refractivity contribution in [1.29, 1.82) is 0 Å². The smallest absolute Gasteiger partial charge is 0.224 e. The molecule has 0 saturated heterocycles. The summed E-state index contributed by atoms with van der Waals surface area (Å²) in [5.74, 6) is 1.33. The molecule has 2 aromatic carbocycles. The number of carbonyl (C=O) groups is 1. The highest BCUT2D eigenvalue weighted by Crippen LogP contribution is 2.31. The number of hydrogen-bond donors (Lipinski definition) is 1. The molecule has 1 amide bonds. The average Bonchev–Trinajstić information content (AvgIpc) is 3.17. The number of aromatic nitrogens is 2. The maximum Gasteiger partial charge on any atom is 0.224 e. The molecule has 2 heterocycles. The predicted octanol–water partition coefficient (Wildman–Crippen LogP) is 4.45. The molecule has 1 aromatic heterocycles. The van der Waals surface area contributed by atoms with E-state index in [-0.39, 0.29) is 17.7 Å². The highest BCUT2D eigenvalue weighted by atomic mass is 35.5. The standard InChI is InChI=1S/C24H26ClN3O3/c1-24(2,3)22-14-19(28(27-22)18-6-4-5-17(25)13-18)15-26-23(29)12-16-7-8-20-21(11-16)31-10-9-30-20/h4-8,11,13-14H,9-10,12,15H2,1-3H3,(H,26,29). The molecule has 31 heavy (non-hydrogen) atoms. The number of nitrogens with one attached hydrogen (secondary N) is 1. The van der Waals surface area contributed by atoms with E-state index in [1.807, 2.05) is 53.2 Å². The topological polar surface area (TPSA) is 65.4 Å². The zero-order valence-corrected chi connectivity index (χ0v) is 18.7. The fourth-order valence-corrected chi connectivity index (χ4v) is 3.56. The van der Waals surface area contributed by atoms with E-state index < -0.39 is 0 Å². The molecule has 6 nitrogen and oxygen atoms in total. The molecule has 0 fully saturated rings. The molecule has 162 valence electrons. The van der Waals surface area contributed by atoms with Gasteiger partial charge in [-0.1, -0.05) is 44.5 Å². The Bertz CT molecular complexity index is 1100. The normalized spacial score (nSPS) is 13.2. The Labute approximate surface area is 187 Å². The second-order valence-electron chi connectivity index (χ2n) is 8.59. The number of amides is 1. The van der Waals surface area contributed by atoms with Crippen molar-refractivity contribution in [2.24, 2.45) is 0 Å². The Balaban J connectivity index is 1.49. The van der Waals surface area contributed by atoms with Crippen LogP contribution < -0.4 is 14.8 Å². The summed E-state index contributed by atoms with van der Waals surface area (Å²) in [4.78, 5) is 12.6. The Morgan fingerprint density at radius 2 is 1.87 bits per heavy atom. The van der Waals surface area contributed by atoms with Crippen LogP contribution in [0.4, 0.5) is 0 Å². The van der Waals surface area contributed by atoms with Gasteiger partial charge in [-0.2, -0.15) is 5.10 Å². The van der Waals surface area contributed by atoms with Crippen LogP contribution in [-0.4, -0.2) is 28.9 Å². The number of rotatable bonds is 5. The fourth-order valence-electron chi connectivity index (χ4n) is 3.38. The monoisotopic (exact) mass is 439 g/mol. The first-order chi connectivity index (χ1) is 14.8. The van der Waals surface area contributed by atoms with Crippen LogP contribution in [0.5, 0.6) is 11.5 Å². The lowest BCUT2D eigenvalue weighted by molar-refractivity contribution is -0.120. The van der Waals surface area contributed by atoms with E-state index in [2.05, 4.69) is 26.1 Å². The van der Waals surface area contributed by atoms with Crippen molar-refractivity contribution in [2.45, 2.75) is 39.2 Å². The average molecular weight is 440 g/mol. The van der Waals surface area contributed by atoms with Crippen LogP contribution in [0.3, 0.4) is 0 Å². The quantitative estimate of drug-likeness (QED) is 0.637. The Morgan fingerprint density at radius 3 is 2.61 bits per heavy atom. The molecular weight excluding hydrogens is 414 g/mol. The van der Waals surface area contributed by atoms with E-state index in [4.69, 9.17) is 26.2 Å². The summed E-state index contributed by atoms with van der Waals surface area (Å²) in [6.07, 6.45) is 0.258. The van der Waals surface area contributed by atoms with Crippen LogP contribution in [0.15, 0.2) is 48.5 Å². The first-order valence-electron chi connectivity index (χ1n) is 10.3. The van der Waals surface area contributed by atoms with E-state index in [1.165, 1.54) is 0 Å². The third kappa shape index (κ3) is 5.02. The largest absolute Gasteiger partial charge is 0.486 e. The zero-order chi connectivity index (χ0) is 22.0. The maximum atomic E-state index is 12.6. The van der Waals surface area contributed by atoms with Crippen molar-refractivity contribution in [3.8, 4) is 17.2 Å². The van der Waals surface area contributed by atoms with E-state index in [0.29, 0.717) is 30.5 Å². The van der Waals surface area contributed by atoms with Crippen LogP contribution >= 0.6 is 11.6 Å². The number of hydrogen-bond acceptors (Lipinski definition) is 4. The van der Waals surface area contributed by atoms with Gasteiger partial charge in [-0.25, -0.2) is 4.68 Å². The molecule has 1 aliphatic rings. The highest BCUT2D eigenvalue weighted by Gasteiger charge is 2.21. The van der Waals surface area contributed by atoms with Gasteiger partial charge in [0.15, 0.2) is 11.5 Å². The molecule has 0 spiro atoms. The number of benzene rings is 2. The lowest BCUT2D eigenvalue weighted by atomic mass is 9.92. The molecule has 1 aliphatic heterocycles. The van der Waals surface area contributed by atoms with Crippen LogP contribution in [0, 0.1) is 0 Å². The number of nitrogens with zero attached hydrogens (tertiary/aromatic N) is 2. The zero-order valence-electron chi connectivity index (χ0n) is 17.9. The Morgan fingerprint density at radius 1 is 1.10 bits per heavy atom. The summed E-state index contributed by atoms with van der Waals surface area (Å²) in [6.45, 7) is 7.76. The molecule has 3 aromatic rings. The Hall–Kier alpha value is -2.99. The first kappa shape index (κ1) is 21.2. The van der Waals surface area contributed by atoms with E-state index in [1.54, 1.807) is 0 Å². The second kappa shape index (κ2) is 8.63. The van der Waals surface area contributed by atoms with Crippen molar-refractivity contribution >= 4 is 17.5 Å². The minimum atomic E-state index is -0.117. The molecular formula is C24H26ClN3O3. The van der Waals surface area contributed by atoms with Crippen LogP contribution in [0.2, 0.25) is 5.02 Å². The van der Waals surface area contributed by atoms with Crippen molar-refractivity contribution in [3.05, 3.63) is 70.5 Å². The van der Waals surface area contributed by atoms with Gasteiger partial charge in [0.05, 0.1) is 30.0 Å². The lowest BCUT2D eigenvalue weighted by Gasteiger charge is -2.18. The number of ether oxygens (including phenoxy) is 2. The SMILES string of the molecule is CC(C)(C)c1cc(CNC(=O)Cc2ccc3c(c2)OCCO3)n(-c2cccc(Cl)c2)n1. The highest BCUT2D eigenvalue weighted by molar-refractivity contribution is 6.30. The molecule has 0 bridgehead atoms. The van der Waals surface area contributed by atoms with Gasteiger partial charge in [0, 0.05) is 10.4 Å². The molecule has 0 radical (unpaired) electrons. The third-order valence-corrected chi connectivity index (χ3v) is 5.28. The van der Waals surface area contributed by atoms with Gasteiger partial charge < -0.3 is 14.8 Å². The van der Waals surface area contributed by atoms with Crippen molar-refractivity contribution in [3.63, 3.8) is 0 Å². The van der Waals surface area contributed by atoms with Gasteiger partial charge in [0.2, 0.25) is 5.91 Å². The number of halogens is 1. The molecule has 7 heteroatoms. The number of carbonyl (C=O) groups excluding carboxylic acids is 1. The molecule has 0 atom stereocenters. The van der Waals surface area contributed by atoms with E-state index in [0.717, 1.165) is 28.4 Å². The summed E-state index contributed by atoms with van der Waals surface area (Å²) in [5.41, 5.74) is 3.46. The van der Waals surface area contributed by atoms with Gasteiger partial charge in [-0.3, -0.25) is 4.79 Å². The van der Waals surface area contributed by atoms with Gasteiger partial charge in [0.1, 0.15) is 13.2 Å². The summed E-state index contributed by atoms with van der Waals surface area (Å²) in [6, 6.07) is 15.2. The van der Waals surface area contributed by atoms with Gasteiger partial charge >= 0.3 is 0 Å². The maximum absolute atomic E-state index is 12.6. The van der Waals surface area contributed by atoms with Crippen LogP contribution in [0.1, 0.15) is 37.7 Å². The van der Waals surface area contributed by atoms with E-state index in [9.17, 15) is 4.79 Å². The summed E-state index contributed by atoms with van der Waals surface area (Å²) in [7, 11) is 0. The van der Waals surface area contributed by atoms with Crippen LogP contribution in [-0.2, 0) is 23.2 Å². The van der Waals surface area contributed by atoms with Crippen molar-refractivity contribution < 1.29 is 14.3 Å².